The SMILES string of the molecule is CSCCC(C)N(C)c1cccc(Cl)c1C(N)=S. The molecule has 100 valence electrons. The molecule has 0 fully saturated rings. The third kappa shape index (κ3) is 3.77. The third-order valence-corrected chi connectivity index (χ3v) is 4.18. The molecule has 1 atom stereocenters. The number of benzene rings is 1. The summed E-state index contributed by atoms with van der Waals surface area (Å²) in [5.74, 6) is 1.13. The van der Waals surface area contributed by atoms with Crippen molar-refractivity contribution in [1.82, 2.24) is 0 Å². The predicted octanol–water partition coefficient (Wildman–Crippen LogP) is 3.55. The zero-order chi connectivity index (χ0) is 13.7. The fourth-order valence-electron chi connectivity index (χ4n) is 1.77. The van der Waals surface area contributed by atoms with Crippen LogP contribution >= 0.6 is 35.6 Å². The van der Waals surface area contributed by atoms with Crippen LogP contribution in [0.2, 0.25) is 5.02 Å². The van der Waals surface area contributed by atoms with Crippen LogP contribution in [-0.4, -0.2) is 30.1 Å². The Hall–Kier alpha value is -0.450. The summed E-state index contributed by atoms with van der Waals surface area (Å²) < 4.78 is 0. The highest BCUT2D eigenvalue weighted by molar-refractivity contribution is 7.98. The molecule has 0 bridgehead atoms. The largest absolute Gasteiger partial charge is 0.389 e. The summed E-state index contributed by atoms with van der Waals surface area (Å²) in [4.78, 5) is 2.54. The molecule has 1 unspecified atom stereocenters. The first-order valence-electron chi connectivity index (χ1n) is 5.79. The number of nitrogens with zero attached hydrogens (tertiary/aromatic N) is 1. The number of thiocarbonyl (C=S) groups is 1. The zero-order valence-electron chi connectivity index (χ0n) is 10.9. The summed E-state index contributed by atoms with van der Waals surface area (Å²) in [6.07, 6.45) is 3.23. The van der Waals surface area contributed by atoms with Gasteiger partial charge in [-0.25, -0.2) is 0 Å². The lowest BCUT2D eigenvalue weighted by molar-refractivity contribution is 0.669. The van der Waals surface area contributed by atoms with Gasteiger partial charge in [0.25, 0.3) is 0 Å². The van der Waals surface area contributed by atoms with Gasteiger partial charge in [0.15, 0.2) is 0 Å². The van der Waals surface area contributed by atoms with E-state index in [-0.39, 0.29) is 0 Å². The summed E-state index contributed by atoms with van der Waals surface area (Å²) in [5.41, 5.74) is 7.54. The van der Waals surface area contributed by atoms with Gasteiger partial charge in [0.2, 0.25) is 0 Å². The molecule has 0 heterocycles. The van der Waals surface area contributed by atoms with Crippen LogP contribution in [0, 0.1) is 0 Å². The van der Waals surface area contributed by atoms with E-state index in [2.05, 4.69) is 25.1 Å². The molecule has 0 saturated carbocycles. The topological polar surface area (TPSA) is 29.3 Å². The first-order chi connectivity index (χ1) is 8.49. The van der Waals surface area contributed by atoms with E-state index in [1.165, 1.54) is 0 Å². The summed E-state index contributed by atoms with van der Waals surface area (Å²) in [5, 5.41) is 0.615. The average molecular weight is 303 g/mol. The van der Waals surface area contributed by atoms with Crippen LogP contribution in [0.25, 0.3) is 0 Å². The van der Waals surface area contributed by atoms with Gasteiger partial charge in [-0.1, -0.05) is 29.9 Å². The molecule has 2 nitrogen and oxygen atoms in total. The highest BCUT2D eigenvalue weighted by atomic mass is 35.5. The minimum Gasteiger partial charge on any atom is -0.389 e. The lowest BCUT2D eigenvalue weighted by Crippen LogP contribution is -2.31. The molecule has 0 saturated heterocycles. The zero-order valence-corrected chi connectivity index (χ0v) is 13.3. The van der Waals surface area contributed by atoms with E-state index in [0.717, 1.165) is 23.4 Å². The highest BCUT2D eigenvalue weighted by Gasteiger charge is 2.16. The maximum Gasteiger partial charge on any atom is 0.107 e. The molecule has 1 aromatic rings. The van der Waals surface area contributed by atoms with Gasteiger partial charge in [-0.05, 0) is 37.5 Å². The maximum absolute atomic E-state index is 6.18. The van der Waals surface area contributed by atoms with Gasteiger partial charge in [0.05, 0.1) is 10.6 Å². The highest BCUT2D eigenvalue weighted by Crippen LogP contribution is 2.28. The first-order valence-corrected chi connectivity index (χ1v) is 7.97. The fourth-order valence-corrected chi connectivity index (χ4v) is 2.89. The van der Waals surface area contributed by atoms with Crippen molar-refractivity contribution in [2.75, 3.05) is 24.0 Å². The Morgan fingerprint density at radius 1 is 1.56 bits per heavy atom. The lowest BCUT2D eigenvalue weighted by atomic mass is 10.1. The van der Waals surface area contributed by atoms with Crippen molar-refractivity contribution in [1.29, 1.82) is 0 Å². The van der Waals surface area contributed by atoms with Gasteiger partial charge in [0, 0.05) is 18.8 Å². The average Bonchev–Trinajstić information content (AvgIpc) is 2.34. The second kappa shape index (κ2) is 7.22. The number of hydrogen-bond donors (Lipinski definition) is 1. The van der Waals surface area contributed by atoms with Crippen molar-refractivity contribution in [2.45, 2.75) is 19.4 Å². The van der Waals surface area contributed by atoms with Crippen molar-refractivity contribution in [3.8, 4) is 0 Å². The van der Waals surface area contributed by atoms with Gasteiger partial charge in [-0.15, -0.1) is 0 Å². The minimum atomic E-state index is 0.347. The van der Waals surface area contributed by atoms with Crippen LogP contribution < -0.4 is 10.6 Å². The summed E-state index contributed by atoms with van der Waals surface area (Å²) in [6.45, 7) is 2.19. The molecule has 5 heteroatoms. The molecule has 0 amide bonds. The molecule has 1 rings (SSSR count). The van der Waals surface area contributed by atoms with Crippen LogP contribution in [0.3, 0.4) is 0 Å². The van der Waals surface area contributed by atoms with Crippen LogP contribution in [0.4, 0.5) is 5.69 Å². The van der Waals surface area contributed by atoms with E-state index in [1.807, 2.05) is 30.0 Å². The molecular formula is C13H19ClN2S2. The van der Waals surface area contributed by atoms with Gasteiger partial charge in [0.1, 0.15) is 4.99 Å². The van der Waals surface area contributed by atoms with Crippen molar-refractivity contribution >= 4 is 46.3 Å². The van der Waals surface area contributed by atoms with Gasteiger partial charge in [-0.2, -0.15) is 11.8 Å². The Bertz CT molecular complexity index is 423. The van der Waals surface area contributed by atoms with E-state index in [0.29, 0.717) is 16.1 Å². The van der Waals surface area contributed by atoms with Gasteiger partial charge >= 0.3 is 0 Å². The van der Waals surface area contributed by atoms with Crippen molar-refractivity contribution in [3.63, 3.8) is 0 Å². The molecule has 0 aliphatic rings. The normalized spacial score (nSPS) is 12.2. The monoisotopic (exact) mass is 302 g/mol. The number of rotatable bonds is 6. The van der Waals surface area contributed by atoms with Crippen LogP contribution in [0.5, 0.6) is 0 Å². The quantitative estimate of drug-likeness (QED) is 0.814. The standard InChI is InChI=1S/C13H19ClN2S2/c1-9(7-8-18-3)16(2)11-6-4-5-10(14)12(11)13(15)17/h4-6,9H,7-8H2,1-3H3,(H2,15,17). The van der Waals surface area contributed by atoms with Crippen molar-refractivity contribution in [2.24, 2.45) is 5.73 Å². The van der Waals surface area contributed by atoms with Crippen LogP contribution in [-0.2, 0) is 0 Å². The maximum atomic E-state index is 6.18. The molecule has 0 aliphatic heterocycles. The first kappa shape index (κ1) is 15.6. The van der Waals surface area contributed by atoms with E-state index >= 15 is 0 Å². The number of halogens is 1. The number of anilines is 1. The van der Waals surface area contributed by atoms with Crippen molar-refractivity contribution < 1.29 is 0 Å². The molecule has 0 spiro atoms. The Labute approximate surface area is 124 Å². The van der Waals surface area contributed by atoms with Crippen LogP contribution in [0.1, 0.15) is 18.9 Å². The lowest BCUT2D eigenvalue weighted by Gasteiger charge is -2.29. The molecule has 2 N–H and O–H groups in total. The van der Waals surface area contributed by atoms with E-state index < -0.39 is 0 Å². The Kier molecular flexibility index (Phi) is 6.26. The molecule has 1 aromatic carbocycles. The van der Waals surface area contributed by atoms with E-state index in [9.17, 15) is 0 Å². The van der Waals surface area contributed by atoms with Gasteiger partial charge in [-0.3, -0.25) is 0 Å². The minimum absolute atomic E-state index is 0.347. The van der Waals surface area contributed by atoms with E-state index in [4.69, 9.17) is 29.6 Å². The van der Waals surface area contributed by atoms with E-state index in [1.54, 1.807) is 0 Å². The number of nitrogens with two attached hydrogens (primary N) is 1. The Balaban J connectivity index is 3.01. The predicted molar refractivity (Wildman–Crippen MR) is 88.2 cm³/mol. The smallest absolute Gasteiger partial charge is 0.107 e. The summed E-state index contributed by atoms with van der Waals surface area (Å²) in [7, 11) is 2.05. The molecule has 0 aliphatic carbocycles. The molecule has 0 radical (unpaired) electrons. The molecule has 0 aromatic heterocycles. The Morgan fingerprint density at radius 3 is 2.78 bits per heavy atom. The van der Waals surface area contributed by atoms with Gasteiger partial charge < -0.3 is 10.6 Å². The van der Waals surface area contributed by atoms with Crippen molar-refractivity contribution in [3.05, 3.63) is 28.8 Å². The number of hydrogen-bond acceptors (Lipinski definition) is 3. The summed E-state index contributed by atoms with van der Waals surface area (Å²) in [6, 6.07) is 6.18. The second-order valence-corrected chi connectivity index (χ2v) is 6.07. The Morgan fingerprint density at radius 2 is 2.22 bits per heavy atom. The third-order valence-electron chi connectivity index (χ3n) is 3.02. The molecule has 18 heavy (non-hydrogen) atoms. The molecular weight excluding hydrogens is 284 g/mol. The van der Waals surface area contributed by atoms with Crippen LogP contribution in [0.15, 0.2) is 18.2 Å². The number of thioether (sulfide) groups is 1. The second-order valence-electron chi connectivity index (χ2n) is 4.24. The summed E-state index contributed by atoms with van der Waals surface area (Å²) >= 11 is 13.1. The fraction of sp³-hybridized carbons (Fsp3) is 0.462.